The van der Waals surface area contributed by atoms with E-state index in [-0.39, 0.29) is 0 Å². The first-order chi connectivity index (χ1) is 30.7. The molecule has 0 N–H and O–H groups in total. The fourth-order valence-corrected chi connectivity index (χ4v) is 8.98. The molecule has 0 fully saturated rings. The lowest BCUT2D eigenvalue weighted by Gasteiger charge is -2.26. The Morgan fingerprint density at radius 2 is 0.403 bits per heavy atom. The minimum Gasteiger partial charge on any atom is -0.311 e. The quantitative estimate of drug-likeness (QED) is 0.134. The molecule has 0 spiro atoms. The molecule has 0 atom stereocenters. The predicted molar refractivity (Wildman–Crippen MR) is 265 cm³/mol. The Bertz CT molecular complexity index is 3250. The van der Waals surface area contributed by atoms with Gasteiger partial charge < -0.3 is 9.80 Å². The van der Waals surface area contributed by atoms with Gasteiger partial charge in [0.2, 0.25) is 0 Å². The Labute approximate surface area is 362 Å². The van der Waals surface area contributed by atoms with Crippen molar-refractivity contribution in [1.82, 2.24) is 0 Å². The van der Waals surface area contributed by atoms with Crippen LogP contribution in [-0.2, 0) is 0 Å². The molecule has 11 aromatic carbocycles. The molecule has 0 saturated heterocycles. The molecular weight excluding hydrogens is 749 g/mol. The zero-order valence-electron chi connectivity index (χ0n) is 34.1. The van der Waals surface area contributed by atoms with Crippen LogP contribution in [0.25, 0.3) is 65.7 Å². The van der Waals surface area contributed by atoms with Gasteiger partial charge in [-0.15, -0.1) is 0 Å². The van der Waals surface area contributed by atoms with E-state index in [0.717, 1.165) is 34.1 Å². The molecule has 11 rings (SSSR count). The highest BCUT2D eigenvalue weighted by Gasteiger charge is 2.16. The molecule has 0 aliphatic carbocycles. The summed E-state index contributed by atoms with van der Waals surface area (Å²) in [6.45, 7) is 0. The normalized spacial score (nSPS) is 11.2. The van der Waals surface area contributed by atoms with Crippen LogP contribution in [0.15, 0.2) is 255 Å². The van der Waals surface area contributed by atoms with Crippen molar-refractivity contribution >= 4 is 66.4 Å². The Kier molecular flexibility index (Phi) is 9.57. The largest absolute Gasteiger partial charge is 0.311 e. The number of hydrogen-bond acceptors (Lipinski definition) is 2. The van der Waals surface area contributed by atoms with Crippen molar-refractivity contribution in [3.8, 4) is 33.4 Å². The molecule has 2 heteroatoms. The maximum Gasteiger partial charge on any atom is 0.0462 e. The second kappa shape index (κ2) is 16.1. The van der Waals surface area contributed by atoms with Gasteiger partial charge in [0, 0.05) is 34.1 Å². The molecule has 0 aliphatic rings. The van der Waals surface area contributed by atoms with Crippen molar-refractivity contribution in [2.75, 3.05) is 9.80 Å². The zero-order valence-corrected chi connectivity index (χ0v) is 34.1. The van der Waals surface area contributed by atoms with Crippen molar-refractivity contribution < 1.29 is 0 Å². The topological polar surface area (TPSA) is 6.48 Å². The summed E-state index contributed by atoms with van der Waals surface area (Å²) in [4.78, 5) is 4.64. The zero-order chi connectivity index (χ0) is 41.2. The highest BCUT2D eigenvalue weighted by Crippen LogP contribution is 2.41. The van der Waals surface area contributed by atoms with Gasteiger partial charge in [-0.05, 0) is 145 Å². The molecule has 0 unspecified atom stereocenters. The van der Waals surface area contributed by atoms with Gasteiger partial charge in [0.15, 0.2) is 0 Å². The molecule has 0 saturated carbocycles. The lowest BCUT2D eigenvalue weighted by Crippen LogP contribution is -2.10. The smallest absolute Gasteiger partial charge is 0.0462 e. The lowest BCUT2D eigenvalue weighted by molar-refractivity contribution is 1.28. The summed E-state index contributed by atoms with van der Waals surface area (Å²) in [5.41, 5.74) is 13.8. The van der Waals surface area contributed by atoms with E-state index in [1.807, 2.05) is 0 Å². The van der Waals surface area contributed by atoms with Crippen molar-refractivity contribution in [1.29, 1.82) is 0 Å². The summed E-state index contributed by atoms with van der Waals surface area (Å²) in [6.07, 6.45) is 0. The summed E-state index contributed by atoms with van der Waals surface area (Å²) in [7, 11) is 0. The molecule has 0 aromatic heterocycles. The standard InChI is InChI=1S/C60H42N2/c1-4-14-43(15-5-1)44-24-33-51(34-25-44)61(49-16-6-2-7-17-49)52-35-26-45(27-36-52)46-28-37-53(38-29-46)62(50-18-8-3-9-19-50)54-39-30-47(31-40-54)48-32-41-59-57-22-11-10-20-55(57)56-21-12-13-23-58(56)60(59)42-48/h1-42H. The summed E-state index contributed by atoms with van der Waals surface area (Å²) >= 11 is 0. The second-order valence-electron chi connectivity index (χ2n) is 15.7. The summed E-state index contributed by atoms with van der Waals surface area (Å²) < 4.78 is 0. The Balaban J connectivity index is 0.887. The molecule has 2 nitrogen and oxygen atoms in total. The third-order valence-electron chi connectivity index (χ3n) is 12.0. The van der Waals surface area contributed by atoms with Crippen LogP contribution in [-0.4, -0.2) is 0 Å². The fraction of sp³-hybridized carbons (Fsp3) is 0. The average Bonchev–Trinajstić information content (AvgIpc) is 3.36. The van der Waals surface area contributed by atoms with Gasteiger partial charge >= 0.3 is 0 Å². The van der Waals surface area contributed by atoms with Crippen molar-refractivity contribution in [3.05, 3.63) is 255 Å². The molecule has 0 aliphatic heterocycles. The van der Waals surface area contributed by atoms with Gasteiger partial charge in [0.05, 0.1) is 0 Å². The third-order valence-corrected chi connectivity index (χ3v) is 12.0. The number of hydrogen-bond donors (Lipinski definition) is 0. The number of nitrogens with zero attached hydrogens (tertiary/aromatic N) is 2. The van der Waals surface area contributed by atoms with E-state index in [4.69, 9.17) is 0 Å². The molecule has 0 amide bonds. The first-order valence-corrected chi connectivity index (χ1v) is 21.3. The van der Waals surface area contributed by atoms with Crippen LogP contribution in [0.3, 0.4) is 0 Å². The fourth-order valence-electron chi connectivity index (χ4n) is 8.98. The summed E-state index contributed by atoms with van der Waals surface area (Å²) in [5.74, 6) is 0. The van der Waals surface area contributed by atoms with E-state index >= 15 is 0 Å². The van der Waals surface area contributed by atoms with E-state index in [2.05, 4.69) is 265 Å². The van der Waals surface area contributed by atoms with Crippen LogP contribution in [0.1, 0.15) is 0 Å². The highest BCUT2D eigenvalue weighted by molar-refractivity contribution is 6.25. The van der Waals surface area contributed by atoms with Gasteiger partial charge in [-0.25, -0.2) is 0 Å². The van der Waals surface area contributed by atoms with Crippen molar-refractivity contribution in [2.45, 2.75) is 0 Å². The monoisotopic (exact) mass is 790 g/mol. The van der Waals surface area contributed by atoms with Crippen LogP contribution in [0.4, 0.5) is 34.1 Å². The Morgan fingerprint density at radius 1 is 0.161 bits per heavy atom. The van der Waals surface area contributed by atoms with E-state index in [1.165, 1.54) is 65.7 Å². The average molecular weight is 791 g/mol. The van der Waals surface area contributed by atoms with E-state index in [9.17, 15) is 0 Å². The third kappa shape index (κ3) is 6.94. The minimum atomic E-state index is 1.10. The Morgan fingerprint density at radius 3 is 0.774 bits per heavy atom. The number of anilines is 6. The van der Waals surface area contributed by atoms with Gasteiger partial charge in [-0.2, -0.15) is 0 Å². The van der Waals surface area contributed by atoms with Gasteiger partial charge in [-0.1, -0.05) is 176 Å². The van der Waals surface area contributed by atoms with Gasteiger partial charge in [0.1, 0.15) is 0 Å². The minimum absolute atomic E-state index is 1.10. The molecule has 11 aromatic rings. The maximum absolute atomic E-state index is 2.36. The number of rotatable bonds is 9. The van der Waals surface area contributed by atoms with Gasteiger partial charge in [-0.3, -0.25) is 0 Å². The SMILES string of the molecule is c1ccc(-c2ccc(N(c3ccccc3)c3ccc(-c4ccc(N(c5ccccc5)c5ccc(-c6ccc7c8ccccc8c8ccccc8c7c6)cc5)cc4)cc3)cc2)cc1. The first-order valence-electron chi connectivity index (χ1n) is 21.3. The highest BCUT2D eigenvalue weighted by atomic mass is 15.1. The van der Waals surface area contributed by atoms with Crippen LogP contribution in [0.2, 0.25) is 0 Å². The molecule has 0 radical (unpaired) electrons. The van der Waals surface area contributed by atoms with Crippen LogP contribution in [0.5, 0.6) is 0 Å². The van der Waals surface area contributed by atoms with Crippen LogP contribution >= 0.6 is 0 Å². The second-order valence-corrected chi connectivity index (χ2v) is 15.7. The van der Waals surface area contributed by atoms with Crippen molar-refractivity contribution in [3.63, 3.8) is 0 Å². The molecule has 62 heavy (non-hydrogen) atoms. The first kappa shape index (κ1) is 36.8. The van der Waals surface area contributed by atoms with Crippen molar-refractivity contribution in [2.24, 2.45) is 0 Å². The maximum atomic E-state index is 2.36. The predicted octanol–water partition coefficient (Wildman–Crippen LogP) is 17.1. The van der Waals surface area contributed by atoms with E-state index in [0.29, 0.717) is 0 Å². The summed E-state index contributed by atoms with van der Waals surface area (Å²) in [6, 6.07) is 91.8. The molecule has 0 bridgehead atoms. The molecule has 292 valence electrons. The summed E-state index contributed by atoms with van der Waals surface area (Å²) in [5, 5.41) is 7.73. The number of benzene rings is 11. The van der Waals surface area contributed by atoms with Crippen LogP contribution < -0.4 is 9.80 Å². The number of fused-ring (bicyclic) bond motifs is 6. The lowest BCUT2D eigenvalue weighted by atomic mass is 9.92. The van der Waals surface area contributed by atoms with Crippen LogP contribution in [0, 0.1) is 0 Å². The molecule has 0 heterocycles. The number of para-hydroxylation sites is 2. The van der Waals surface area contributed by atoms with E-state index < -0.39 is 0 Å². The Hall–Kier alpha value is -8.20. The van der Waals surface area contributed by atoms with E-state index in [1.54, 1.807) is 0 Å². The molecular formula is C60H42N2. The van der Waals surface area contributed by atoms with Gasteiger partial charge in [0.25, 0.3) is 0 Å².